The van der Waals surface area contributed by atoms with Crippen molar-refractivity contribution in [2.24, 2.45) is 0 Å². The van der Waals surface area contributed by atoms with E-state index in [0.717, 1.165) is 32.1 Å². The topological polar surface area (TPSA) is 152 Å². The third-order valence-electron chi connectivity index (χ3n) is 8.44. The van der Waals surface area contributed by atoms with E-state index >= 15 is 0 Å². The zero-order valence-electron chi connectivity index (χ0n) is 29.3. The third kappa shape index (κ3) is 21.7. The molecule has 10 nitrogen and oxygen atoms in total. The lowest BCUT2D eigenvalue weighted by atomic mass is 9.99. The highest BCUT2D eigenvalue weighted by Gasteiger charge is 2.44. The van der Waals surface area contributed by atoms with Gasteiger partial charge in [-0.05, 0) is 19.3 Å². The molecule has 0 amide bonds. The zero-order chi connectivity index (χ0) is 34.5. The second kappa shape index (κ2) is 29.1. The summed E-state index contributed by atoms with van der Waals surface area (Å²) < 4.78 is 21.8. The first-order chi connectivity index (χ1) is 22.8. The number of allylic oxidation sites excluding steroid dienone is 3. The second-order valence-corrected chi connectivity index (χ2v) is 12.8. The number of carbonyl (C=O) groups is 2. The molecule has 0 bridgehead atoms. The molecule has 6 atom stereocenters. The van der Waals surface area contributed by atoms with E-state index < -0.39 is 55.4 Å². The van der Waals surface area contributed by atoms with Crippen molar-refractivity contribution in [3.63, 3.8) is 0 Å². The Kier molecular flexibility index (Phi) is 26.8. The lowest BCUT2D eigenvalue weighted by Gasteiger charge is -2.39. The quantitative estimate of drug-likeness (QED) is 0.0313. The lowest BCUT2D eigenvalue weighted by Crippen LogP contribution is -2.59. The van der Waals surface area contributed by atoms with Gasteiger partial charge in [0.05, 0.1) is 13.2 Å². The van der Waals surface area contributed by atoms with Gasteiger partial charge in [0.15, 0.2) is 12.4 Å². The third-order valence-corrected chi connectivity index (χ3v) is 8.44. The van der Waals surface area contributed by atoms with Crippen molar-refractivity contribution in [2.45, 2.75) is 179 Å². The first kappa shape index (κ1) is 43.2. The summed E-state index contributed by atoms with van der Waals surface area (Å²) in [6.45, 7) is 3.22. The van der Waals surface area contributed by atoms with Gasteiger partial charge in [-0.3, -0.25) is 4.79 Å². The van der Waals surface area contributed by atoms with E-state index in [4.69, 9.17) is 18.9 Å². The molecule has 1 fully saturated rings. The molecule has 1 aliphatic rings. The van der Waals surface area contributed by atoms with Crippen LogP contribution in [0.25, 0.3) is 0 Å². The molecule has 0 aromatic heterocycles. The monoisotopic (exact) mass is 670 g/mol. The van der Waals surface area contributed by atoms with Crippen LogP contribution in [0.5, 0.6) is 0 Å². The largest absolute Gasteiger partial charge is 0.458 e. The van der Waals surface area contributed by atoms with Gasteiger partial charge in [0.25, 0.3) is 0 Å². The summed E-state index contributed by atoms with van der Waals surface area (Å²) in [5, 5.41) is 39.7. The van der Waals surface area contributed by atoms with Gasteiger partial charge in [-0.15, -0.1) is 0 Å². The lowest BCUT2D eigenvalue weighted by molar-refractivity contribution is -0.305. The van der Waals surface area contributed by atoms with E-state index in [9.17, 15) is 30.0 Å². The highest BCUT2D eigenvalue weighted by Crippen LogP contribution is 2.22. The van der Waals surface area contributed by atoms with Crippen molar-refractivity contribution in [3.8, 4) is 0 Å². The minimum Gasteiger partial charge on any atom is -0.458 e. The maximum atomic E-state index is 12.5. The van der Waals surface area contributed by atoms with Gasteiger partial charge < -0.3 is 39.4 Å². The van der Waals surface area contributed by atoms with Crippen LogP contribution in [0.15, 0.2) is 24.3 Å². The Hall–Kier alpha value is -1.82. The van der Waals surface area contributed by atoms with Gasteiger partial charge in [-0.1, -0.05) is 135 Å². The van der Waals surface area contributed by atoms with Crippen LogP contribution in [0.3, 0.4) is 0 Å². The van der Waals surface area contributed by atoms with E-state index in [0.29, 0.717) is 6.42 Å². The van der Waals surface area contributed by atoms with Crippen LogP contribution in [0.1, 0.15) is 142 Å². The average Bonchev–Trinajstić information content (AvgIpc) is 3.06. The summed E-state index contributed by atoms with van der Waals surface area (Å²) in [6, 6.07) is 0. The standard InChI is InChI=1S/C37H66O10/c1-3-5-7-9-11-12-13-14-15-16-17-18-20-21-23-25-32(39)44-28-30(46-33(40)26-24-22-19-10-8-6-4-2)29-45-37-36(43)35(42)34(41)31(27-38)47-37/h20-21,23,25,30-31,34-38,41-43H,3-19,22,24,26-29H2,1-2H3/b21-20+,25-23+/t30-,31-,34+,35?,36?,37-/m0/s1. The number of ether oxygens (including phenoxy) is 4. The maximum Gasteiger partial charge on any atom is 0.330 e. The Balaban J connectivity index is 2.43. The summed E-state index contributed by atoms with van der Waals surface area (Å²) in [6.07, 6.45) is 21.3. The predicted octanol–water partition coefficient (Wildman–Crippen LogP) is 6.21. The van der Waals surface area contributed by atoms with Crippen molar-refractivity contribution in [1.82, 2.24) is 0 Å². The van der Waals surface area contributed by atoms with Gasteiger partial charge in [-0.2, -0.15) is 0 Å². The van der Waals surface area contributed by atoms with Crippen LogP contribution >= 0.6 is 0 Å². The van der Waals surface area contributed by atoms with Crippen LogP contribution in [0.4, 0.5) is 0 Å². The first-order valence-electron chi connectivity index (χ1n) is 18.5. The average molecular weight is 671 g/mol. The number of carbonyl (C=O) groups excluding carboxylic acids is 2. The molecule has 1 heterocycles. The fourth-order valence-corrected chi connectivity index (χ4v) is 5.45. The molecule has 274 valence electrons. The maximum absolute atomic E-state index is 12.5. The molecular weight excluding hydrogens is 604 g/mol. The second-order valence-electron chi connectivity index (χ2n) is 12.8. The molecule has 1 rings (SSSR count). The Morgan fingerprint density at radius 1 is 0.702 bits per heavy atom. The molecule has 1 aliphatic heterocycles. The van der Waals surface area contributed by atoms with Crippen molar-refractivity contribution < 1.29 is 49.0 Å². The van der Waals surface area contributed by atoms with Crippen molar-refractivity contribution in [1.29, 1.82) is 0 Å². The van der Waals surface area contributed by atoms with Gasteiger partial charge in [0, 0.05) is 12.5 Å². The minimum absolute atomic E-state index is 0.210. The molecule has 10 heteroatoms. The number of aliphatic hydroxyl groups is 4. The van der Waals surface area contributed by atoms with Crippen LogP contribution in [-0.4, -0.2) is 89.0 Å². The van der Waals surface area contributed by atoms with Gasteiger partial charge in [0.2, 0.25) is 0 Å². The van der Waals surface area contributed by atoms with Crippen LogP contribution in [0.2, 0.25) is 0 Å². The molecular formula is C37H66O10. The van der Waals surface area contributed by atoms with Crippen LogP contribution < -0.4 is 0 Å². The van der Waals surface area contributed by atoms with Gasteiger partial charge in [0.1, 0.15) is 31.0 Å². The normalized spacial score (nSPS) is 22.2. The van der Waals surface area contributed by atoms with Crippen molar-refractivity contribution in [3.05, 3.63) is 24.3 Å². The Bertz CT molecular complexity index is 830. The number of unbranched alkanes of at least 4 members (excludes halogenated alkanes) is 17. The van der Waals surface area contributed by atoms with E-state index in [-0.39, 0.29) is 19.6 Å². The Labute approximate surface area is 283 Å². The van der Waals surface area contributed by atoms with Crippen LogP contribution in [0, 0.1) is 0 Å². The zero-order valence-corrected chi connectivity index (χ0v) is 29.3. The summed E-state index contributed by atoms with van der Waals surface area (Å²) in [5.74, 6) is -1.07. The van der Waals surface area contributed by atoms with Gasteiger partial charge in [-0.25, -0.2) is 4.79 Å². The molecule has 0 aromatic carbocycles. The summed E-state index contributed by atoms with van der Waals surface area (Å²) in [5.41, 5.74) is 0. The smallest absolute Gasteiger partial charge is 0.330 e. The molecule has 0 radical (unpaired) electrons. The molecule has 0 aliphatic carbocycles. The summed E-state index contributed by atoms with van der Waals surface area (Å²) >= 11 is 0. The minimum atomic E-state index is -1.60. The summed E-state index contributed by atoms with van der Waals surface area (Å²) in [4.78, 5) is 24.9. The summed E-state index contributed by atoms with van der Waals surface area (Å²) in [7, 11) is 0. The molecule has 1 saturated heterocycles. The van der Waals surface area contributed by atoms with E-state index in [1.807, 2.05) is 12.2 Å². The molecule has 0 spiro atoms. The molecule has 4 N–H and O–H groups in total. The predicted molar refractivity (Wildman–Crippen MR) is 183 cm³/mol. The van der Waals surface area contributed by atoms with Gasteiger partial charge >= 0.3 is 11.9 Å². The SMILES string of the molecule is CCCCCCCCCCCCC/C=C/C=C/C(=O)OC[C@@H](CO[C@H]1O[C@@H](CO)[C@@H](O)C(O)C1O)OC(=O)CCCCCCCCC. The molecule has 47 heavy (non-hydrogen) atoms. The highest BCUT2D eigenvalue weighted by atomic mass is 16.7. The van der Waals surface area contributed by atoms with E-state index in [1.165, 1.54) is 89.5 Å². The molecule has 0 saturated carbocycles. The van der Waals surface area contributed by atoms with Crippen molar-refractivity contribution in [2.75, 3.05) is 19.8 Å². The molecule has 2 unspecified atom stereocenters. The highest BCUT2D eigenvalue weighted by molar-refractivity contribution is 5.82. The number of hydrogen-bond donors (Lipinski definition) is 4. The number of aliphatic hydroxyl groups excluding tert-OH is 4. The van der Waals surface area contributed by atoms with E-state index in [1.54, 1.807) is 6.08 Å². The van der Waals surface area contributed by atoms with E-state index in [2.05, 4.69) is 13.8 Å². The van der Waals surface area contributed by atoms with Crippen molar-refractivity contribution >= 4 is 11.9 Å². The number of hydrogen-bond acceptors (Lipinski definition) is 10. The Morgan fingerprint density at radius 3 is 1.83 bits per heavy atom. The number of rotatable bonds is 29. The fraction of sp³-hybridized carbons (Fsp3) is 0.838. The van der Waals surface area contributed by atoms with Crippen LogP contribution in [-0.2, 0) is 28.5 Å². The molecule has 0 aromatic rings. The number of esters is 2. The Morgan fingerprint density at radius 2 is 1.26 bits per heavy atom. The fourth-order valence-electron chi connectivity index (χ4n) is 5.45. The first-order valence-corrected chi connectivity index (χ1v) is 18.5.